The normalized spacial score (nSPS) is 9.74. The minimum absolute atomic E-state index is 0.236. The molecular formula is C26H33F3OS. The zero-order valence-corrected chi connectivity index (χ0v) is 20.0. The smallest absolute Gasteiger partial charge is 0.406 e. The van der Waals surface area contributed by atoms with E-state index >= 15 is 0 Å². The maximum Gasteiger partial charge on any atom is 0.573 e. The topological polar surface area (TPSA) is 9.23 Å². The van der Waals surface area contributed by atoms with Crippen molar-refractivity contribution in [3.8, 4) is 5.75 Å². The van der Waals surface area contributed by atoms with Gasteiger partial charge in [0.1, 0.15) is 5.75 Å². The molecule has 31 heavy (non-hydrogen) atoms. The Labute approximate surface area is 190 Å². The highest BCUT2D eigenvalue weighted by molar-refractivity contribution is 7.80. The standard InChI is InChI=1S/C9H12.C8H10.C7H5F3OS.C2H6/c1-3-9-6-4-8(2)5-7-9;1-7-3-5-8(2)6-4-7;8-7(9,10)11-5-1-3-6(12)4-2-5;1-2/h4-7H,3H2,1-2H3;3-6H,1-2H3;1-4,12H;1-2H3. The number of aryl methyl sites for hydroxylation is 4. The highest BCUT2D eigenvalue weighted by Crippen LogP contribution is 2.23. The van der Waals surface area contributed by atoms with E-state index in [0.29, 0.717) is 4.90 Å². The van der Waals surface area contributed by atoms with E-state index in [4.69, 9.17) is 0 Å². The summed E-state index contributed by atoms with van der Waals surface area (Å²) in [5, 5.41) is 0. The number of ether oxygens (including phenoxy) is 1. The van der Waals surface area contributed by atoms with Crippen molar-refractivity contribution in [3.05, 3.63) is 95.1 Å². The monoisotopic (exact) mass is 450 g/mol. The SMILES string of the molecule is CC.CCc1ccc(C)cc1.Cc1ccc(C)cc1.FC(F)(F)Oc1ccc(S)cc1. The molecule has 0 heterocycles. The molecule has 5 heteroatoms. The predicted molar refractivity (Wildman–Crippen MR) is 128 cm³/mol. The molecule has 0 aliphatic carbocycles. The van der Waals surface area contributed by atoms with Crippen LogP contribution in [0.15, 0.2) is 77.7 Å². The van der Waals surface area contributed by atoms with Gasteiger partial charge in [0, 0.05) is 4.90 Å². The summed E-state index contributed by atoms with van der Waals surface area (Å²) in [6.45, 7) is 12.5. The number of hydrogen-bond donors (Lipinski definition) is 1. The maximum atomic E-state index is 11.6. The molecule has 0 atom stereocenters. The Bertz CT molecular complexity index is 804. The van der Waals surface area contributed by atoms with Crippen molar-refractivity contribution in [1.29, 1.82) is 0 Å². The summed E-state index contributed by atoms with van der Waals surface area (Å²) in [5.74, 6) is -0.236. The van der Waals surface area contributed by atoms with Crippen LogP contribution in [-0.4, -0.2) is 6.36 Å². The molecule has 0 aliphatic rings. The van der Waals surface area contributed by atoms with Gasteiger partial charge in [-0.25, -0.2) is 0 Å². The number of rotatable bonds is 2. The Morgan fingerprint density at radius 2 is 1.03 bits per heavy atom. The van der Waals surface area contributed by atoms with Crippen molar-refractivity contribution < 1.29 is 17.9 Å². The first-order valence-electron chi connectivity index (χ1n) is 10.2. The summed E-state index contributed by atoms with van der Waals surface area (Å²) >= 11 is 3.91. The second kappa shape index (κ2) is 15.4. The van der Waals surface area contributed by atoms with Crippen LogP contribution in [0.25, 0.3) is 0 Å². The van der Waals surface area contributed by atoms with Gasteiger partial charge < -0.3 is 4.74 Å². The van der Waals surface area contributed by atoms with E-state index in [1.807, 2.05) is 13.8 Å². The molecule has 3 aromatic rings. The number of alkyl halides is 3. The summed E-state index contributed by atoms with van der Waals surface area (Å²) < 4.78 is 38.4. The summed E-state index contributed by atoms with van der Waals surface area (Å²) in [6, 6.07) is 22.4. The largest absolute Gasteiger partial charge is 0.573 e. The van der Waals surface area contributed by atoms with Crippen molar-refractivity contribution in [1.82, 2.24) is 0 Å². The van der Waals surface area contributed by atoms with E-state index in [-0.39, 0.29) is 5.75 Å². The Morgan fingerprint density at radius 1 is 0.677 bits per heavy atom. The lowest BCUT2D eigenvalue weighted by Gasteiger charge is -2.07. The van der Waals surface area contributed by atoms with Gasteiger partial charge in [-0.15, -0.1) is 25.8 Å². The molecule has 3 rings (SSSR count). The van der Waals surface area contributed by atoms with Crippen LogP contribution in [0.4, 0.5) is 13.2 Å². The van der Waals surface area contributed by atoms with E-state index in [1.54, 1.807) is 0 Å². The lowest BCUT2D eigenvalue weighted by Crippen LogP contribution is -2.16. The summed E-state index contributed by atoms with van der Waals surface area (Å²) in [5.41, 5.74) is 5.42. The molecule has 0 unspecified atom stereocenters. The highest BCUT2D eigenvalue weighted by Gasteiger charge is 2.30. The number of thiol groups is 1. The molecule has 3 aromatic carbocycles. The van der Waals surface area contributed by atoms with Crippen LogP contribution in [0, 0.1) is 20.8 Å². The molecule has 0 amide bonds. The molecule has 0 saturated heterocycles. The Balaban J connectivity index is 0.000000427. The van der Waals surface area contributed by atoms with E-state index in [1.165, 1.54) is 46.5 Å². The van der Waals surface area contributed by atoms with E-state index in [9.17, 15) is 13.2 Å². The van der Waals surface area contributed by atoms with Crippen LogP contribution in [0.2, 0.25) is 0 Å². The quantitative estimate of drug-likeness (QED) is 0.384. The van der Waals surface area contributed by atoms with Crippen molar-refractivity contribution in [2.24, 2.45) is 0 Å². The maximum absolute atomic E-state index is 11.6. The Hall–Kier alpha value is -2.40. The second-order valence-corrected chi connectivity index (χ2v) is 7.05. The van der Waals surface area contributed by atoms with Gasteiger partial charge in [0.25, 0.3) is 0 Å². The molecule has 0 spiro atoms. The van der Waals surface area contributed by atoms with Crippen LogP contribution in [0.5, 0.6) is 5.75 Å². The third-order valence-corrected chi connectivity index (χ3v) is 4.12. The van der Waals surface area contributed by atoms with Gasteiger partial charge in [0.05, 0.1) is 0 Å². The van der Waals surface area contributed by atoms with Gasteiger partial charge in [0.15, 0.2) is 0 Å². The van der Waals surface area contributed by atoms with Crippen LogP contribution in [0.3, 0.4) is 0 Å². The number of benzene rings is 3. The van der Waals surface area contributed by atoms with Gasteiger partial charge in [-0.05, 0) is 57.0 Å². The third kappa shape index (κ3) is 15.1. The second-order valence-electron chi connectivity index (χ2n) is 6.54. The molecule has 0 bridgehead atoms. The Morgan fingerprint density at radius 3 is 1.35 bits per heavy atom. The molecule has 0 aromatic heterocycles. The van der Waals surface area contributed by atoms with Gasteiger partial charge in [0.2, 0.25) is 0 Å². The van der Waals surface area contributed by atoms with Gasteiger partial charge >= 0.3 is 6.36 Å². The fourth-order valence-corrected chi connectivity index (χ4v) is 2.26. The minimum Gasteiger partial charge on any atom is -0.406 e. The number of hydrogen-bond acceptors (Lipinski definition) is 2. The van der Waals surface area contributed by atoms with Crippen LogP contribution in [0.1, 0.15) is 43.0 Å². The van der Waals surface area contributed by atoms with Gasteiger partial charge in [-0.3, -0.25) is 0 Å². The first-order valence-corrected chi connectivity index (χ1v) is 10.7. The Kier molecular flexibility index (Phi) is 14.2. The first kappa shape index (κ1) is 28.6. The molecule has 170 valence electrons. The molecule has 0 saturated carbocycles. The third-order valence-electron chi connectivity index (χ3n) is 3.82. The molecule has 1 nitrogen and oxygen atoms in total. The van der Waals surface area contributed by atoms with E-state index < -0.39 is 6.36 Å². The fourth-order valence-electron chi connectivity index (χ4n) is 2.11. The molecule has 0 radical (unpaired) electrons. The minimum atomic E-state index is -4.63. The first-order chi connectivity index (χ1) is 14.6. The average Bonchev–Trinajstić information content (AvgIpc) is 2.74. The summed E-state index contributed by atoms with van der Waals surface area (Å²) in [6.07, 6.45) is -3.49. The predicted octanol–water partition coefficient (Wildman–Crippen LogP) is 8.76. The van der Waals surface area contributed by atoms with Crippen LogP contribution < -0.4 is 4.74 Å². The van der Waals surface area contributed by atoms with Crippen molar-refractivity contribution >= 4 is 12.6 Å². The zero-order valence-electron chi connectivity index (χ0n) is 19.1. The van der Waals surface area contributed by atoms with Gasteiger partial charge in [-0.1, -0.05) is 86.0 Å². The van der Waals surface area contributed by atoms with Crippen molar-refractivity contribution in [2.45, 2.75) is 59.2 Å². The molecule has 0 aliphatic heterocycles. The summed E-state index contributed by atoms with van der Waals surface area (Å²) in [7, 11) is 0. The lowest BCUT2D eigenvalue weighted by atomic mass is 10.1. The summed E-state index contributed by atoms with van der Waals surface area (Å²) in [4.78, 5) is 0.588. The van der Waals surface area contributed by atoms with Crippen molar-refractivity contribution in [3.63, 3.8) is 0 Å². The average molecular weight is 451 g/mol. The number of halogens is 3. The highest BCUT2D eigenvalue weighted by atomic mass is 32.1. The van der Waals surface area contributed by atoms with E-state index in [0.717, 1.165) is 6.42 Å². The van der Waals surface area contributed by atoms with E-state index in [2.05, 4.69) is 93.6 Å². The van der Waals surface area contributed by atoms with Crippen LogP contribution in [-0.2, 0) is 6.42 Å². The molecule has 0 fully saturated rings. The lowest BCUT2D eigenvalue weighted by molar-refractivity contribution is -0.274. The molecular weight excluding hydrogens is 417 g/mol. The van der Waals surface area contributed by atoms with Crippen LogP contribution >= 0.6 is 12.6 Å². The van der Waals surface area contributed by atoms with Crippen molar-refractivity contribution in [2.75, 3.05) is 0 Å². The zero-order chi connectivity index (χ0) is 23.9. The molecule has 0 N–H and O–H groups in total. The van der Waals surface area contributed by atoms with Gasteiger partial charge in [-0.2, -0.15) is 0 Å². The fraction of sp³-hybridized carbons (Fsp3) is 0.308.